The molecule has 0 aliphatic heterocycles. The van der Waals surface area contributed by atoms with Gasteiger partial charge < -0.3 is 10.4 Å². The number of pyridine rings is 1. The highest BCUT2D eigenvalue weighted by molar-refractivity contribution is 5.85. The Morgan fingerprint density at radius 1 is 1.50 bits per heavy atom. The number of hydrogen-bond acceptors (Lipinski definition) is 3. The predicted octanol–water partition coefficient (Wildman–Crippen LogP) is 3.02. The summed E-state index contributed by atoms with van der Waals surface area (Å²) in [6.07, 6.45) is 5.29. The molecular formula is C14H20N2O2. The predicted molar refractivity (Wildman–Crippen MR) is 70.8 cm³/mol. The highest BCUT2D eigenvalue weighted by Crippen LogP contribution is 2.35. The summed E-state index contributed by atoms with van der Waals surface area (Å²) in [6, 6.07) is 3.82. The first-order valence-electron chi connectivity index (χ1n) is 6.57. The molecule has 4 nitrogen and oxygen atoms in total. The average molecular weight is 248 g/mol. The van der Waals surface area contributed by atoms with Gasteiger partial charge in [0.15, 0.2) is 0 Å². The zero-order valence-electron chi connectivity index (χ0n) is 10.9. The van der Waals surface area contributed by atoms with Crippen molar-refractivity contribution in [2.24, 2.45) is 11.8 Å². The lowest BCUT2D eigenvalue weighted by Gasteiger charge is -2.21. The molecule has 3 unspecified atom stereocenters. The van der Waals surface area contributed by atoms with Crippen LogP contribution >= 0.6 is 0 Å². The molecule has 1 fully saturated rings. The molecule has 1 aromatic heterocycles. The molecule has 0 spiro atoms. The van der Waals surface area contributed by atoms with E-state index in [2.05, 4.69) is 24.1 Å². The Morgan fingerprint density at radius 2 is 2.28 bits per heavy atom. The van der Waals surface area contributed by atoms with Gasteiger partial charge in [0.1, 0.15) is 5.69 Å². The Morgan fingerprint density at radius 3 is 2.78 bits per heavy atom. The molecule has 0 radical (unpaired) electrons. The van der Waals surface area contributed by atoms with E-state index in [9.17, 15) is 4.79 Å². The quantitative estimate of drug-likeness (QED) is 0.859. The molecule has 3 atom stereocenters. The van der Waals surface area contributed by atoms with Crippen LogP contribution in [0, 0.1) is 11.8 Å². The topological polar surface area (TPSA) is 62.2 Å². The second kappa shape index (κ2) is 5.38. The van der Waals surface area contributed by atoms with E-state index in [0.717, 1.165) is 11.6 Å². The Bertz CT molecular complexity index is 416. The van der Waals surface area contributed by atoms with Gasteiger partial charge in [0, 0.05) is 6.04 Å². The van der Waals surface area contributed by atoms with Crippen LogP contribution in [0.3, 0.4) is 0 Å². The number of hydrogen-bond donors (Lipinski definition) is 2. The van der Waals surface area contributed by atoms with Crippen LogP contribution in [0.25, 0.3) is 0 Å². The van der Waals surface area contributed by atoms with Crippen LogP contribution in [0.2, 0.25) is 0 Å². The Labute approximate surface area is 107 Å². The minimum Gasteiger partial charge on any atom is -0.477 e. The van der Waals surface area contributed by atoms with Crippen LogP contribution in [0.15, 0.2) is 18.3 Å². The molecule has 1 aromatic rings. The third-order valence-corrected chi connectivity index (χ3v) is 4.09. The van der Waals surface area contributed by atoms with E-state index < -0.39 is 5.97 Å². The van der Waals surface area contributed by atoms with E-state index in [4.69, 9.17) is 5.11 Å². The zero-order valence-corrected chi connectivity index (χ0v) is 10.9. The van der Waals surface area contributed by atoms with Crippen molar-refractivity contribution >= 4 is 11.7 Å². The maximum atomic E-state index is 10.7. The molecule has 2 N–H and O–H groups in total. The Kier molecular flexibility index (Phi) is 3.84. The van der Waals surface area contributed by atoms with E-state index in [1.54, 1.807) is 18.3 Å². The second-order valence-corrected chi connectivity index (χ2v) is 5.09. The summed E-state index contributed by atoms with van der Waals surface area (Å²) in [7, 11) is 0. The summed E-state index contributed by atoms with van der Waals surface area (Å²) in [5, 5.41) is 12.3. The molecule has 0 aromatic carbocycles. The maximum Gasteiger partial charge on any atom is 0.354 e. The number of carbonyl (C=O) groups is 1. The van der Waals surface area contributed by atoms with E-state index in [0.29, 0.717) is 12.0 Å². The molecule has 0 bridgehead atoms. The van der Waals surface area contributed by atoms with Crippen molar-refractivity contribution < 1.29 is 9.90 Å². The molecule has 1 aliphatic carbocycles. The third kappa shape index (κ3) is 2.63. The molecule has 1 aliphatic rings. The van der Waals surface area contributed by atoms with Crippen molar-refractivity contribution in [2.45, 2.75) is 39.2 Å². The SMILES string of the molecule is CCC1CCC(Nc2ccc(C(=O)O)nc2)C1C. The molecule has 1 heterocycles. The summed E-state index contributed by atoms with van der Waals surface area (Å²) in [4.78, 5) is 14.6. The Hall–Kier alpha value is -1.58. The van der Waals surface area contributed by atoms with Crippen molar-refractivity contribution in [3.05, 3.63) is 24.0 Å². The Balaban J connectivity index is 2.00. The standard InChI is InChI=1S/C14H20N2O2/c1-3-10-4-6-12(9(10)2)16-11-5-7-13(14(17)18)15-8-11/h5,7-10,12,16H,3-4,6H2,1-2H3,(H,17,18). The van der Waals surface area contributed by atoms with E-state index in [-0.39, 0.29) is 5.69 Å². The number of aromatic nitrogens is 1. The molecule has 18 heavy (non-hydrogen) atoms. The summed E-state index contributed by atoms with van der Waals surface area (Å²) in [6.45, 7) is 4.53. The monoisotopic (exact) mass is 248 g/mol. The van der Waals surface area contributed by atoms with Gasteiger partial charge >= 0.3 is 5.97 Å². The summed E-state index contributed by atoms with van der Waals surface area (Å²) < 4.78 is 0. The second-order valence-electron chi connectivity index (χ2n) is 5.09. The average Bonchev–Trinajstić information content (AvgIpc) is 2.71. The first-order chi connectivity index (χ1) is 8.61. The number of carboxylic acids is 1. The summed E-state index contributed by atoms with van der Waals surface area (Å²) in [5.41, 5.74) is 1.00. The first kappa shape index (κ1) is 12.9. The number of rotatable bonds is 4. The molecule has 1 saturated carbocycles. The molecule has 2 rings (SSSR count). The number of aromatic carboxylic acids is 1. The van der Waals surface area contributed by atoms with E-state index in [1.807, 2.05) is 0 Å². The van der Waals surface area contributed by atoms with Crippen molar-refractivity contribution in [3.63, 3.8) is 0 Å². The van der Waals surface area contributed by atoms with Crippen molar-refractivity contribution in [2.75, 3.05) is 5.32 Å². The van der Waals surface area contributed by atoms with Gasteiger partial charge in [-0.2, -0.15) is 0 Å². The molecule has 0 amide bonds. The van der Waals surface area contributed by atoms with Gasteiger partial charge in [0.05, 0.1) is 11.9 Å². The van der Waals surface area contributed by atoms with E-state index in [1.165, 1.54) is 19.3 Å². The van der Waals surface area contributed by atoms with E-state index >= 15 is 0 Å². The van der Waals surface area contributed by atoms with Crippen LogP contribution < -0.4 is 5.32 Å². The zero-order chi connectivity index (χ0) is 13.1. The number of nitrogens with one attached hydrogen (secondary N) is 1. The van der Waals surface area contributed by atoms with Gasteiger partial charge in [0.25, 0.3) is 0 Å². The van der Waals surface area contributed by atoms with Crippen LogP contribution in [0.1, 0.15) is 43.6 Å². The molecule has 98 valence electrons. The fraction of sp³-hybridized carbons (Fsp3) is 0.571. The fourth-order valence-corrected chi connectivity index (χ4v) is 2.85. The maximum absolute atomic E-state index is 10.7. The van der Waals surface area contributed by atoms with Gasteiger partial charge in [-0.1, -0.05) is 20.3 Å². The van der Waals surface area contributed by atoms with Gasteiger partial charge in [-0.05, 0) is 36.8 Å². The van der Waals surface area contributed by atoms with Gasteiger partial charge in [-0.3, -0.25) is 0 Å². The van der Waals surface area contributed by atoms with Crippen LogP contribution in [0.5, 0.6) is 0 Å². The highest BCUT2D eigenvalue weighted by Gasteiger charge is 2.31. The molecule has 4 heteroatoms. The molecular weight excluding hydrogens is 228 g/mol. The lowest BCUT2D eigenvalue weighted by atomic mass is 9.93. The highest BCUT2D eigenvalue weighted by atomic mass is 16.4. The lowest BCUT2D eigenvalue weighted by molar-refractivity contribution is 0.0690. The fourth-order valence-electron chi connectivity index (χ4n) is 2.85. The van der Waals surface area contributed by atoms with Gasteiger partial charge in [0.2, 0.25) is 0 Å². The number of anilines is 1. The van der Waals surface area contributed by atoms with Crippen molar-refractivity contribution in [1.29, 1.82) is 0 Å². The van der Waals surface area contributed by atoms with Crippen LogP contribution in [-0.2, 0) is 0 Å². The molecule has 0 saturated heterocycles. The summed E-state index contributed by atoms with van der Waals surface area (Å²) in [5.74, 6) is 0.477. The number of carboxylic acid groups (broad SMARTS) is 1. The van der Waals surface area contributed by atoms with Gasteiger partial charge in [-0.15, -0.1) is 0 Å². The van der Waals surface area contributed by atoms with Crippen LogP contribution in [-0.4, -0.2) is 22.1 Å². The first-order valence-corrected chi connectivity index (χ1v) is 6.57. The third-order valence-electron chi connectivity index (χ3n) is 4.09. The van der Waals surface area contributed by atoms with Crippen molar-refractivity contribution in [1.82, 2.24) is 4.98 Å². The largest absolute Gasteiger partial charge is 0.477 e. The van der Waals surface area contributed by atoms with Crippen molar-refractivity contribution in [3.8, 4) is 0 Å². The number of nitrogens with zero attached hydrogens (tertiary/aromatic N) is 1. The normalized spacial score (nSPS) is 27.1. The smallest absolute Gasteiger partial charge is 0.354 e. The van der Waals surface area contributed by atoms with Crippen LogP contribution in [0.4, 0.5) is 5.69 Å². The summed E-state index contributed by atoms with van der Waals surface area (Å²) >= 11 is 0. The lowest BCUT2D eigenvalue weighted by Crippen LogP contribution is -2.24. The minimum atomic E-state index is -0.984. The van der Waals surface area contributed by atoms with Gasteiger partial charge in [-0.25, -0.2) is 9.78 Å². The minimum absolute atomic E-state index is 0.0893.